The molecule has 3 heteroatoms. The number of nitriles is 1. The first-order chi connectivity index (χ1) is 10.4. The van der Waals surface area contributed by atoms with Gasteiger partial charge < -0.3 is 4.74 Å². The lowest BCUT2D eigenvalue weighted by atomic mass is 9.87. The van der Waals surface area contributed by atoms with Gasteiger partial charge in [0, 0.05) is 18.0 Å². The molecule has 0 bridgehead atoms. The molecule has 1 fully saturated rings. The van der Waals surface area contributed by atoms with E-state index < -0.39 is 0 Å². The molecule has 0 spiro atoms. The molecule has 21 heavy (non-hydrogen) atoms. The summed E-state index contributed by atoms with van der Waals surface area (Å²) in [5, 5.41) is 9.29. The van der Waals surface area contributed by atoms with Gasteiger partial charge in [-0.2, -0.15) is 5.26 Å². The van der Waals surface area contributed by atoms with Gasteiger partial charge in [-0.15, -0.1) is 0 Å². The van der Waals surface area contributed by atoms with Crippen molar-refractivity contribution in [3.63, 3.8) is 0 Å². The van der Waals surface area contributed by atoms with Crippen molar-refractivity contribution in [2.75, 3.05) is 0 Å². The quantitative estimate of drug-likeness (QED) is 0.844. The molecule has 1 aromatic heterocycles. The van der Waals surface area contributed by atoms with Crippen molar-refractivity contribution in [1.29, 1.82) is 5.26 Å². The van der Waals surface area contributed by atoms with Crippen LogP contribution in [0.5, 0.6) is 5.75 Å². The monoisotopic (exact) mass is 278 g/mol. The summed E-state index contributed by atoms with van der Waals surface area (Å²) in [6.07, 6.45) is 7.74. The van der Waals surface area contributed by atoms with Crippen LogP contribution in [0.3, 0.4) is 0 Å². The van der Waals surface area contributed by atoms with Gasteiger partial charge in [0.15, 0.2) is 0 Å². The average Bonchev–Trinajstić information content (AvgIpc) is 2.57. The molecule has 2 atom stereocenters. The van der Waals surface area contributed by atoms with Crippen molar-refractivity contribution in [3.8, 4) is 22.9 Å². The van der Waals surface area contributed by atoms with Crippen LogP contribution in [0, 0.1) is 17.2 Å². The molecular formula is C18H18N2O. The number of rotatable bonds is 3. The van der Waals surface area contributed by atoms with Crippen molar-refractivity contribution >= 4 is 0 Å². The fourth-order valence-corrected chi connectivity index (χ4v) is 2.89. The molecule has 0 saturated heterocycles. The third-order valence-corrected chi connectivity index (χ3v) is 4.03. The average molecular weight is 278 g/mol. The molecule has 106 valence electrons. The van der Waals surface area contributed by atoms with Gasteiger partial charge in [-0.05, 0) is 43.0 Å². The maximum Gasteiger partial charge on any atom is 0.127 e. The van der Waals surface area contributed by atoms with Gasteiger partial charge in [-0.3, -0.25) is 4.98 Å². The third kappa shape index (κ3) is 3.05. The molecule has 0 N–H and O–H groups in total. The van der Waals surface area contributed by atoms with Crippen LogP contribution >= 0.6 is 0 Å². The smallest absolute Gasteiger partial charge is 0.127 e. The molecule has 1 aliphatic carbocycles. The SMILES string of the molecule is N#CC1CCCCC1Oc1ccccc1-c1ccncc1. The van der Waals surface area contributed by atoms with E-state index in [0.717, 1.165) is 42.6 Å². The zero-order valence-corrected chi connectivity index (χ0v) is 11.9. The van der Waals surface area contributed by atoms with Gasteiger partial charge in [0.1, 0.15) is 11.9 Å². The van der Waals surface area contributed by atoms with E-state index >= 15 is 0 Å². The third-order valence-electron chi connectivity index (χ3n) is 4.03. The molecule has 2 unspecified atom stereocenters. The van der Waals surface area contributed by atoms with E-state index in [-0.39, 0.29) is 12.0 Å². The Bertz CT molecular complexity index is 633. The number of ether oxygens (including phenoxy) is 1. The standard InChI is InChI=1S/C18H18N2O/c19-13-15-5-1-3-7-17(15)21-18-8-4-2-6-16(18)14-9-11-20-12-10-14/h2,4,6,8-12,15,17H,1,3,5,7H2. The second-order valence-corrected chi connectivity index (χ2v) is 5.41. The minimum atomic E-state index is 0.00393. The largest absolute Gasteiger partial charge is 0.488 e. The Kier molecular flexibility index (Phi) is 4.16. The highest BCUT2D eigenvalue weighted by Gasteiger charge is 2.27. The normalized spacial score (nSPS) is 21.5. The second kappa shape index (κ2) is 6.41. The summed E-state index contributed by atoms with van der Waals surface area (Å²) in [5.41, 5.74) is 2.15. The minimum Gasteiger partial charge on any atom is -0.488 e. The minimum absolute atomic E-state index is 0.00393. The number of hydrogen-bond acceptors (Lipinski definition) is 3. The summed E-state index contributed by atoms with van der Waals surface area (Å²) < 4.78 is 6.20. The fourth-order valence-electron chi connectivity index (χ4n) is 2.89. The van der Waals surface area contributed by atoms with Crippen molar-refractivity contribution < 1.29 is 4.74 Å². The first-order valence-corrected chi connectivity index (χ1v) is 7.44. The highest BCUT2D eigenvalue weighted by atomic mass is 16.5. The number of para-hydroxylation sites is 1. The Labute approximate surface area is 125 Å². The van der Waals surface area contributed by atoms with Crippen LogP contribution in [0.2, 0.25) is 0 Å². The molecule has 1 aliphatic rings. The second-order valence-electron chi connectivity index (χ2n) is 5.41. The number of pyridine rings is 1. The van der Waals surface area contributed by atoms with E-state index in [9.17, 15) is 5.26 Å². The number of hydrogen-bond donors (Lipinski definition) is 0. The van der Waals surface area contributed by atoms with Crippen molar-refractivity contribution in [3.05, 3.63) is 48.8 Å². The van der Waals surface area contributed by atoms with E-state index in [1.807, 2.05) is 30.3 Å². The first-order valence-electron chi connectivity index (χ1n) is 7.44. The predicted octanol–water partition coefficient (Wildman–Crippen LogP) is 4.21. The number of aromatic nitrogens is 1. The Hall–Kier alpha value is -2.34. The zero-order valence-electron chi connectivity index (χ0n) is 11.9. The van der Waals surface area contributed by atoms with E-state index in [2.05, 4.69) is 17.1 Å². The Morgan fingerprint density at radius 2 is 1.81 bits per heavy atom. The molecular weight excluding hydrogens is 260 g/mol. The predicted molar refractivity (Wildman–Crippen MR) is 81.7 cm³/mol. The topological polar surface area (TPSA) is 45.9 Å². The lowest BCUT2D eigenvalue weighted by Crippen LogP contribution is -2.29. The first kappa shape index (κ1) is 13.6. The van der Waals surface area contributed by atoms with Crippen LogP contribution in [-0.2, 0) is 0 Å². The van der Waals surface area contributed by atoms with Gasteiger partial charge in [0.25, 0.3) is 0 Å². The van der Waals surface area contributed by atoms with Gasteiger partial charge >= 0.3 is 0 Å². The fraction of sp³-hybridized carbons (Fsp3) is 0.333. The van der Waals surface area contributed by atoms with Crippen molar-refractivity contribution in [1.82, 2.24) is 4.98 Å². The molecule has 1 aromatic carbocycles. The van der Waals surface area contributed by atoms with E-state index in [4.69, 9.17) is 4.74 Å². The van der Waals surface area contributed by atoms with Crippen LogP contribution in [0.25, 0.3) is 11.1 Å². The molecule has 3 rings (SSSR count). The summed E-state index contributed by atoms with van der Waals surface area (Å²) in [6.45, 7) is 0. The molecule has 0 amide bonds. The summed E-state index contributed by atoms with van der Waals surface area (Å²) in [5.74, 6) is 0.861. The van der Waals surface area contributed by atoms with Crippen molar-refractivity contribution in [2.45, 2.75) is 31.8 Å². The van der Waals surface area contributed by atoms with Crippen LogP contribution in [0.15, 0.2) is 48.8 Å². The van der Waals surface area contributed by atoms with E-state index in [0.29, 0.717) is 0 Å². The maximum atomic E-state index is 9.29. The molecule has 0 aliphatic heterocycles. The summed E-state index contributed by atoms with van der Waals surface area (Å²) in [6, 6.07) is 14.4. The molecule has 3 nitrogen and oxygen atoms in total. The lowest BCUT2D eigenvalue weighted by molar-refractivity contribution is 0.121. The Morgan fingerprint density at radius 1 is 1.05 bits per heavy atom. The molecule has 0 radical (unpaired) electrons. The van der Waals surface area contributed by atoms with Gasteiger partial charge in [0.2, 0.25) is 0 Å². The van der Waals surface area contributed by atoms with Gasteiger partial charge in [-0.1, -0.05) is 24.6 Å². The van der Waals surface area contributed by atoms with Crippen LogP contribution < -0.4 is 4.74 Å². The van der Waals surface area contributed by atoms with Crippen LogP contribution in [0.1, 0.15) is 25.7 Å². The number of benzene rings is 1. The Balaban J connectivity index is 1.88. The maximum absolute atomic E-state index is 9.29. The zero-order chi connectivity index (χ0) is 14.5. The van der Waals surface area contributed by atoms with E-state index in [1.54, 1.807) is 12.4 Å². The summed E-state index contributed by atoms with van der Waals surface area (Å²) in [4.78, 5) is 4.06. The lowest BCUT2D eigenvalue weighted by Gasteiger charge is -2.28. The highest BCUT2D eigenvalue weighted by Crippen LogP contribution is 2.34. The number of nitrogens with zero attached hydrogens (tertiary/aromatic N) is 2. The summed E-state index contributed by atoms with van der Waals surface area (Å²) in [7, 11) is 0. The Morgan fingerprint density at radius 3 is 2.62 bits per heavy atom. The molecule has 2 aromatic rings. The van der Waals surface area contributed by atoms with Crippen LogP contribution in [0.4, 0.5) is 0 Å². The van der Waals surface area contributed by atoms with E-state index in [1.165, 1.54) is 0 Å². The highest BCUT2D eigenvalue weighted by molar-refractivity contribution is 5.69. The van der Waals surface area contributed by atoms with Gasteiger partial charge in [0.05, 0.1) is 12.0 Å². The van der Waals surface area contributed by atoms with Gasteiger partial charge in [-0.25, -0.2) is 0 Å². The molecule has 1 heterocycles. The summed E-state index contributed by atoms with van der Waals surface area (Å²) >= 11 is 0. The molecule has 1 saturated carbocycles. The van der Waals surface area contributed by atoms with Crippen LogP contribution in [-0.4, -0.2) is 11.1 Å². The van der Waals surface area contributed by atoms with Crippen molar-refractivity contribution in [2.24, 2.45) is 5.92 Å².